The van der Waals surface area contributed by atoms with Crippen molar-refractivity contribution in [1.82, 2.24) is 15.3 Å². The molecule has 1 saturated heterocycles. The second kappa shape index (κ2) is 8.45. The molecular weight excluding hydrogens is 396 g/mol. The summed E-state index contributed by atoms with van der Waals surface area (Å²) in [4.78, 5) is 9.50. The van der Waals surface area contributed by atoms with Crippen molar-refractivity contribution in [3.05, 3.63) is 58.0 Å². The second-order valence-corrected chi connectivity index (χ2v) is 8.53. The first-order chi connectivity index (χ1) is 14.7. The van der Waals surface area contributed by atoms with Gasteiger partial charge in [0.1, 0.15) is 17.7 Å². The lowest BCUT2D eigenvalue weighted by atomic mass is 10.0. The molecule has 154 valence electrons. The van der Waals surface area contributed by atoms with Crippen LogP contribution in [0.3, 0.4) is 0 Å². The van der Waals surface area contributed by atoms with Gasteiger partial charge in [-0.1, -0.05) is 0 Å². The average Bonchev–Trinajstić information content (AvgIpc) is 3.22. The van der Waals surface area contributed by atoms with Crippen LogP contribution < -0.4 is 15.4 Å². The van der Waals surface area contributed by atoms with Gasteiger partial charge in [0.05, 0.1) is 29.6 Å². The number of anilines is 2. The van der Waals surface area contributed by atoms with E-state index in [1.165, 1.54) is 0 Å². The third-order valence-corrected chi connectivity index (χ3v) is 6.06. The standard InChI is InChI=1S/C23H24N4O2S/c1-15-25-22(14-30-15)21-12-16-6-9-24-13-20(16)23(27-21)26-17-2-4-18(5-3-17)29-19-7-10-28-11-8-19/h2-6,9,12,14,19,24H,7-8,10-11,13H2,1H3,(H,26,27). The number of pyridine rings is 1. The van der Waals surface area contributed by atoms with E-state index in [9.17, 15) is 0 Å². The highest BCUT2D eigenvalue weighted by molar-refractivity contribution is 7.09. The number of benzene rings is 1. The Kier molecular flexibility index (Phi) is 5.38. The highest BCUT2D eigenvalue weighted by Gasteiger charge is 2.17. The van der Waals surface area contributed by atoms with E-state index in [-0.39, 0.29) is 6.10 Å². The molecule has 1 aromatic carbocycles. The Bertz CT molecular complexity index is 1060. The molecule has 0 unspecified atom stereocenters. The van der Waals surface area contributed by atoms with E-state index < -0.39 is 0 Å². The van der Waals surface area contributed by atoms with E-state index in [1.54, 1.807) is 11.3 Å². The zero-order valence-electron chi connectivity index (χ0n) is 16.9. The van der Waals surface area contributed by atoms with Crippen LogP contribution in [0, 0.1) is 6.92 Å². The van der Waals surface area contributed by atoms with Crippen molar-refractivity contribution in [2.45, 2.75) is 32.4 Å². The molecule has 2 N–H and O–H groups in total. The summed E-state index contributed by atoms with van der Waals surface area (Å²) in [5, 5.41) is 9.87. The Balaban J connectivity index is 1.39. The molecule has 2 aliphatic heterocycles. The molecule has 3 aromatic rings. The molecule has 5 rings (SSSR count). The fourth-order valence-electron chi connectivity index (χ4n) is 3.69. The van der Waals surface area contributed by atoms with Crippen molar-refractivity contribution < 1.29 is 9.47 Å². The highest BCUT2D eigenvalue weighted by atomic mass is 32.1. The van der Waals surface area contributed by atoms with E-state index in [1.807, 2.05) is 37.4 Å². The Labute approximate surface area is 180 Å². The van der Waals surface area contributed by atoms with Gasteiger partial charge >= 0.3 is 0 Å². The normalized spacial score (nSPS) is 16.0. The number of hydrogen-bond acceptors (Lipinski definition) is 7. The van der Waals surface area contributed by atoms with Crippen LogP contribution in [0.2, 0.25) is 0 Å². The van der Waals surface area contributed by atoms with Gasteiger partial charge in [-0.25, -0.2) is 9.97 Å². The smallest absolute Gasteiger partial charge is 0.136 e. The van der Waals surface area contributed by atoms with Gasteiger partial charge in [-0.3, -0.25) is 0 Å². The Hall–Kier alpha value is -2.90. The molecule has 0 radical (unpaired) electrons. The molecule has 4 heterocycles. The number of nitrogens with one attached hydrogen (secondary N) is 2. The lowest BCUT2D eigenvalue weighted by molar-refractivity contribution is 0.0256. The van der Waals surface area contributed by atoms with Gasteiger partial charge in [0, 0.05) is 36.0 Å². The summed E-state index contributed by atoms with van der Waals surface area (Å²) in [6, 6.07) is 10.2. The SMILES string of the molecule is Cc1nc(-c2cc3c(c(Nc4ccc(OC5CCOCC5)cc4)n2)CNC=C3)cs1. The summed E-state index contributed by atoms with van der Waals surface area (Å²) >= 11 is 1.64. The number of thiazole rings is 1. The zero-order valence-corrected chi connectivity index (χ0v) is 17.7. The van der Waals surface area contributed by atoms with Crippen LogP contribution in [0.4, 0.5) is 11.5 Å². The zero-order chi connectivity index (χ0) is 20.3. The topological polar surface area (TPSA) is 68.3 Å². The predicted molar refractivity (Wildman–Crippen MR) is 120 cm³/mol. The quantitative estimate of drug-likeness (QED) is 0.613. The third-order valence-electron chi connectivity index (χ3n) is 5.29. The molecule has 30 heavy (non-hydrogen) atoms. The van der Waals surface area contributed by atoms with Crippen LogP contribution in [0.5, 0.6) is 5.75 Å². The molecule has 1 fully saturated rings. The molecule has 0 spiro atoms. The lowest BCUT2D eigenvalue weighted by Gasteiger charge is -2.23. The molecule has 0 bridgehead atoms. The van der Waals surface area contributed by atoms with Gasteiger partial charge in [-0.2, -0.15) is 0 Å². The number of ether oxygens (including phenoxy) is 2. The van der Waals surface area contributed by atoms with Gasteiger partial charge in [0.15, 0.2) is 0 Å². The summed E-state index contributed by atoms with van der Waals surface area (Å²) in [5.74, 6) is 1.74. The van der Waals surface area contributed by atoms with Crippen molar-refractivity contribution in [2.75, 3.05) is 18.5 Å². The van der Waals surface area contributed by atoms with E-state index in [4.69, 9.17) is 14.5 Å². The van der Waals surface area contributed by atoms with Crippen LogP contribution in [0.25, 0.3) is 17.5 Å². The number of aryl methyl sites for hydroxylation is 1. The first kappa shape index (κ1) is 19.1. The molecule has 0 atom stereocenters. The van der Waals surface area contributed by atoms with Gasteiger partial charge in [0.25, 0.3) is 0 Å². The number of fused-ring (bicyclic) bond motifs is 1. The maximum Gasteiger partial charge on any atom is 0.136 e. The van der Waals surface area contributed by atoms with Crippen LogP contribution in [0.1, 0.15) is 29.0 Å². The van der Waals surface area contributed by atoms with E-state index in [2.05, 4.69) is 33.1 Å². The molecule has 2 aromatic heterocycles. The maximum atomic E-state index is 6.08. The fraction of sp³-hybridized carbons (Fsp3) is 0.304. The first-order valence-electron chi connectivity index (χ1n) is 10.2. The van der Waals surface area contributed by atoms with Crippen molar-refractivity contribution in [1.29, 1.82) is 0 Å². The molecule has 0 amide bonds. The van der Waals surface area contributed by atoms with Crippen LogP contribution >= 0.6 is 11.3 Å². The van der Waals surface area contributed by atoms with E-state index >= 15 is 0 Å². The van der Waals surface area contributed by atoms with Gasteiger partial charge in [0.2, 0.25) is 0 Å². The summed E-state index contributed by atoms with van der Waals surface area (Å²) in [6.45, 7) is 4.30. The van der Waals surface area contributed by atoms with Gasteiger partial charge in [-0.05, 0) is 55.1 Å². The van der Waals surface area contributed by atoms with Crippen LogP contribution in [-0.4, -0.2) is 29.3 Å². The van der Waals surface area contributed by atoms with Gasteiger partial charge in [-0.15, -0.1) is 11.3 Å². The van der Waals surface area contributed by atoms with Crippen LogP contribution in [-0.2, 0) is 11.3 Å². The van der Waals surface area contributed by atoms with Crippen molar-refractivity contribution >= 4 is 28.9 Å². The number of aromatic nitrogens is 2. The molecular formula is C23H24N4O2S. The maximum absolute atomic E-state index is 6.08. The average molecular weight is 421 g/mol. The monoisotopic (exact) mass is 420 g/mol. The second-order valence-electron chi connectivity index (χ2n) is 7.47. The number of nitrogens with zero attached hydrogens (tertiary/aromatic N) is 2. The van der Waals surface area contributed by atoms with E-state index in [0.717, 1.165) is 77.4 Å². The lowest BCUT2D eigenvalue weighted by Crippen LogP contribution is -2.25. The minimum absolute atomic E-state index is 0.238. The molecule has 0 aliphatic carbocycles. The highest BCUT2D eigenvalue weighted by Crippen LogP contribution is 2.31. The van der Waals surface area contributed by atoms with Crippen molar-refractivity contribution in [2.24, 2.45) is 0 Å². The fourth-order valence-corrected chi connectivity index (χ4v) is 4.30. The van der Waals surface area contributed by atoms with E-state index in [0.29, 0.717) is 0 Å². The molecule has 7 heteroatoms. The number of hydrogen-bond donors (Lipinski definition) is 2. The summed E-state index contributed by atoms with van der Waals surface area (Å²) in [5.41, 5.74) is 5.08. The largest absolute Gasteiger partial charge is 0.490 e. The summed E-state index contributed by atoms with van der Waals surface area (Å²) < 4.78 is 11.5. The Morgan fingerprint density at radius 1 is 1.13 bits per heavy atom. The third kappa shape index (κ3) is 4.17. The van der Waals surface area contributed by atoms with Gasteiger partial charge < -0.3 is 20.1 Å². The molecule has 6 nitrogen and oxygen atoms in total. The minimum atomic E-state index is 0.238. The first-order valence-corrected chi connectivity index (χ1v) is 11.1. The number of rotatable bonds is 5. The Morgan fingerprint density at radius 2 is 1.97 bits per heavy atom. The molecule has 0 saturated carbocycles. The van der Waals surface area contributed by atoms with Crippen molar-refractivity contribution in [3.8, 4) is 17.1 Å². The summed E-state index contributed by atoms with van der Waals surface area (Å²) in [6.07, 6.45) is 6.19. The summed E-state index contributed by atoms with van der Waals surface area (Å²) in [7, 11) is 0. The van der Waals surface area contributed by atoms with Crippen molar-refractivity contribution in [3.63, 3.8) is 0 Å². The predicted octanol–water partition coefficient (Wildman–Crippen LogP) is 4.89. The minimum Gasteiger partial charge on any atom is -0.490 e. The van der Waals surface area contributed by atoms with Crippen LogP contribution in [0.15, 0.2) is 41.9 Å². The molecule has 2 aliphatic rings. The Morgan fingerprint density at radius 3 is 2.73 bits per heavy atom.